The number of sulfone groups is 1. The van der Waals surface area contributed by atoms with Gasteiger partial charge in [-0.2, -0.15) is 0 Å². The van der Waals surface area contributed by atoms with Crippen LogP contribution in [0.5, 0.6) is 5.75 Å². The minimum atomic E-state index is -3.12. The third kappa shape index (κ3) is 6.82. The number of carbonyl (C=O) groups excluding carboxylic acids is 1. The van der Waals surface area contributed by atoms with Crippen LogP contribution in [0.15, 0.2) is 24.3 Å². The van der Waals surface area contributed by atoms with E-state index in [4.69, 9.17) is 9.47 Å². The quantitative estimate of drug-likeness (QED) is 0.520. The molecule has 1 aromatic rings. The second-order valence-electron chi connectivity index (χ2n) is 8.65. The van der Waals surface area contributed by atoms with Gasteiger partial charge < -0.3 is 9.47 Å². The van der Waals surface area contributed by atoms with Gasteiger partial charge in [-0.15, -0.1) is 0 Å². The maximum atomic E-state index is 12.6. The second-order valence-corrected chi connectivity index (χ2v) is 11.3. The Morgan fingerprint density at radius 3 is 2.45 bits per heavy atom. The SMILES string of the molecule is CCOc1cccc(COCC(=O)C2CCC(CS(=O)(=O)C(C)(C)CC)CC2)c1. The Kier molecular flexibility index (Phi) is 8.71. The van der Waals surface area contributed by atoms with Crippen molar-refractivity contribution in [3.05, 3.63) is 29.8 Å². The first-order valence-corrected chi connectivity index (χ1v) is 12.4. The minimum Gasteiger partial charge on any atom is -0.494 e. The Morgan fingerprint density at radius 1 is 1.14 bits per heavy atom. The highest BCUT2D eigenvalue weighted by Crippen LogP contribution is 2.33. The fraction of sp³-hybridized carbons (Fsp3) is 0.696. The number of ketones is 1. The molecule has 1 aliphatic carbocycles. The van der Waals surface area contributed by atoms with Crippen LogP contribution in [0.1, 0.15) is 65.4 Å². The molecule has 0 radical (unpaired) electrons. The molecule has 0 aromatic heterocycles. The van der Waals surface area contributed by atoms with Gasteiger partial charge >= 0.3 is 0 Å². The van der Waals surface area contributed by atoms with Gasteiger partial charge in [0.25, 0.3) is 0 Å². The van der Waals surface area contributed by atoms with E-state index in [9.17, 15) is 13.2 Å². The number of hydrogen-bond acceptors (Lipinski definition) is 5. The molecule has 1 aromatic carbocycles. The van der Waals surface area contributed by atoms with Gasteiger partial charge in [0.2, 0.25) is 0 Å². The molecule has 0 amide bonds. The zero-order valence-electron chi connectivity index (χ0n) is 18.3. The summed E-state index contributed by atoms with van der Waals surface area (Å²) in [6.07, 6.45) is 3.73. The van der Waals surface area contributed by atoms with Gasteiger partial charge in [-0.05, 0) is 76.5 Å². The van der Waals surface area contributed by atoms with Gasteiger partial charge in [0.05, 0.1) is 23.7 Å². The van der Waals surface area contributed by atoms with E-state index < -0.39 is 14.6 Å². The number of carbonyl (C=O) groups is 1. The molecule has 0 bridgehead atoms. The van der Waals surface area contributed by atoms with Crippen molar-refractivity contribution in [2.45, 2.75) is 71.2 Å². The molecule has 6 heteroatoms. The molecule has 164 valence electrons. The van der Waals surface area contributed by atoms with Crippen LogP contribution >= 0.6 is 0 Å². The number of rotatable bonds is 11. The predicted molar refractivity (Wildman–Crippen MR) is 116 cm³/mol. The fourth-order valence-corrected chi connectivity index (χ4v) is 5.53. The van der Waals surface area contributed by atoms with Crippen LogP contribution in [0.2, 0.25) is 0 Å². The molecular formula is C23H36O5S. The topological polar surface area (TPSA) is 69.7 Å². The third-order valence-corrected chi connectivity index (χ3v) is 9.06. The summed E-state index contributed by atoms with van der Waals surface area (Å²) in [4.78, 5) is 12.5. The standard InChI is InChI=1S/C23H36O5S/c1-5-23(3,4)29(25,26)17-18-10-12-20(13-11-18)22(24)16-27-15-19-8-7-9-21(14-19)28-6-2/h7-9,14,18,20H,5-6,10-13,15-17H2,1-4H3. The molecule has 0 N–H and O–H groups in total. The summed E-state index contributed by atoms with van der Waals surface area (Å²) in [5.74, 6) is 1.32. The highest BCUT2D eigenvalue weighted by Gasteiger charge is 2.36. The molecule has 0 saturated heterocycles. The van der Waals surface area contributed by atoms with Crippen LogP contribution in [0, 0.1) is 11.8 Å². The van der Waals surface area contributed by atoms with Crippen molar-refractivity contribution in [3.63, 3.8) is 0 Å². The first kappa shape index (κ1) is 23.9. The van der Waals surface area contributed by atoms with Gasteiger partial charge in [-0.3, -0.25) is 4.79 Å². The number of ether oxygens (including phenoxy) is 2. The van der Waals surface area contributed by atoms with Crippen molar-refractivity contribution >= 4 is 15.6 Å². The summed E-state index contributed by atoms with van der Waals surface area (Å²) in [6.45, 7) is 8.57. The maximum absolute atomic E-state index is 12.6. The highest BCUT2D eigenvalue weighted by atomic mass is 32.2. The van der Waals surface area contributed by atoms with E-state index in [-0.39, 0.29) is 30.0 Å². The van der Waals surface area contributed by atoms with Crippen LogP contribution in [0.4, 0.5) is 0 Å². The predicted octanol–water partition coefficient (Wildman–Crippen LogP) is 4.58. The van der Waals surface area contributed by atoms with E-state index in [1.165, 1.54) is 0 Å². The Hall–Kier alpha value is -1.40. The zero-order chi connectivity index (χ0) is 21.5. The van der Waals surface area contributed by atoms with E-state index in [0.717, 1.165) is 37.0 Å². The largest absolute Gasteiger partial charge is 0.494 e. The summed E-state index contributed by atoms with van der Waals surface area (Å²) in [6, 6.07) is 7.70. The van der Waals surface area contributed by atoms with Gasteiger partial charge in [-0.1, -0.05) is 19.1 Å². The third-order valence-electron chi connectivity index (χ3n) is 6.17. The van der Waals surface area contributed by atoms with Gasteiger partial charge in [-0.25, -0.2) is 8.42 Å². The molecule has 0 atom stereocenters. The molecule has 2 rings (SSSR count). The first-order chi connectivity index (χ1) is 13.7. The van der Waals surface area contributed by atoms with E-state index in [1.54, 1.807) is 13.8 Å². The summed E-state index contributed by atoms with van der Waals surface area (Å²) < 4.78 is 35.7. The molecule has 0 aliphatic heterocycles. The normalized spacial score (nSPS) is 20.4. The summed E-state index contributed by atoms with van der Waals surface area (Å²) in [5, 5.41) is 0. The molecule has 0 spiro atoms. The van der Waals surface area contributed by atoms with Crippen LogP contribution in [-0.2, 0) is 26.0 Å². The average Bonchev–Trinajstić information content (AvgIpc) is 2.68. The van der Waals surface area contributed by atoms with Crippen molar-refractivity contribution in [2.75, 3.05) is 19.0 Å². The van der Waals surface area contributed by atoms with Crippen LogP contribution in [0.3, 0.4) is 0 Å². The van der Waals surface area contributed by atoms with Gasteiger partial charge in [0.15, 0.2) is 15.6 Å². The molecule has 1 aliphatic rings. The Bertz CT molecular complexity index is 761. The monoisotopic (exact) mass is 424 g/mol. The minimum absolute atomic E-state index is 0.0112. The zero-order valence-corrected chi connectivity index (χ0v) is 19.1. The summed E-state index contributed by atoms with van der Waals surface area (Å²) in [7, 11) is -3.12. The lowest BCUT2D eigenvalue weighted by Gasteiger charge is -2.30. The van der Waals surface area contributed by atoms with Crippen molar-refractivity contribution in [1.82, 2.24) is 0 Å². The average molecular weight is 425 g/mol. The van der Waals surface area contributed by atoms with Crippen molar-refractivity contribution in [1.29, 1.82) is 0 Å². The number of Topliss-reactive ketones (excluding diaryl/α,β-unsaturated/α-hetero) is 1. The summed E-state index contributed by atoms with van der Waals surface area (Å²) in [5.41, 5.74) is 0.983. The van der Waals surface area contributed by atoms with E-state index in [1.807, 2.05) is 38.1 Å². The highest BCUT2D eigenvalue weighted by molar-refractivity contribution is 7.92. The van der Waals surface area contributed by atoms with E-state index >= 15 is 0 Å². The fourth-order valence-electron chi connectivity index (χ4n) is 3.69. The van der Waals surface area contributed by atoms with Crippen molar-refractivity contribution in [2.24, 2.45) is 11.8 Å². The smallest absolute Gasteiger partial charge is 0.161 e. The first-order valence-electron chi connectivity index (χ1n) is 10.7. The van der Waals surface area contributed by atoms with Gasteiger partial charge in [0, 0.05) is 5.92 Å². The molecule has 29 heavy (non-hydrogen) atoms. The molecule has 0 unspecified atom stereocenters. The molecule has 5 nitrogen and oxygen atoms in total. The van der Waals surface area contributed by atoms with E-state index in [0.29, 0.717) is 19.6 Å². The van der Waals surface area contributed by atoms with Gasteiger partial charge in [0.1, 0.15) is 12.4 Å². The Balaban J connectivity index is 1.75. The molecule has 0 heterocycles. The number of benzene rings is 1. The lowest BCUT2D eigenvalue weighted by atomic mass is 9.81. The second kappa shape index (κ2) is 10.6. The van der Waals surface area contributed by atoms with Crippen molar-refractivity contribution < 1.29 is 22.7 Å². The van der Waals surface area contributed by atoms with Crippen molar-refractivity contribution in [3.8, 4) is 5.75 Å². The van der Waals surface area contributed by atoms with E-state index in [2.05, 4.69) is 0 Å². The van der Waals surface area contributed by atoms with Crippen LogP contribution in [0.25, 0.3) is 0 Å². The molecule has 1 fully saturated rings. The summed E-state index contributed by atoms with van der Waals surface area (Å²) >= 11 is 0. The Morgan fingerprint density at radius 2 is 1.83 bits per heavy atom. The number of hydrogen-bond donors (Lipinski definition) is 0. The maximum Gasteiger partial charge on any atom is 0.161 e. The molecule has 1 saturated carbocycles. The van der Waals surface area contributed by atoms with Crippen LogP contribution < -0.4 is 4.74 Å². The lowest BCUT2D eigenvalue weighted by Crippen LogP contribution is -2.37. The molecular weight excluding hydrogens is 388 g/mol. The lowest BCUT2D eigenvalue weighted by molar-refractivity contribution is -0.129. The Labute approximate surface area is 176 Å². The van der Waals surface area contributed by atoms with Crippen LogP contribution in [-0.4, -0.2) is 37.9 Å².